The maximum Gasteiger partial charge on any atom is 0.564 e. The molecule has 1 aromatic rings. The van der Waals surface area contributed by atoms with Crippen LogP contribution in [0.2, 0.25) is 5.02 Å². The molecule has 0 N–H and O–H groups in total. The Morgan fingerprint density at radius 1 is 1.38 bits per heavy atom. The average molecular weight is 265 g/mol. The van der Waals surface area contributed by atoms with Crippen molar-refractivity contribution in [1.29, 1.82) is 0 Å². The van der Waals surface area contributed by atoms with Crippen LogP contribution in [0.3, 0.4) is 0 Å². The number of benzene rings is 1. The highest BCUT2D eigenvalue weighted by atomic mass is 79.9. The van der Waals surface area contributed by atoms with Crippen molar-refractivity contribution in [3.8, 4) is 0 Å². The number of halogens is 4. The fourth-order valence-electron chi connectivity index (χ4n) is 0.839. The lowest BCUT2D eigenvalue weighted by molar-refractivity contribution is 0.683. The van der Waals surface area contributed by atoms with Gasteiger partial charge in [0.15, 0.2) is 0 Å². The van der Waals surface area contributed by atoms with Gasteiger partial charge in [0.25, 0.3) is 0 Å². The molecule has 68 valence electrons. The molecule has 5 heteroatoms. The summed E-state index contributed by atoms with van der Waals surface area (Å²) < 4.78 is 24.4. The van der Waals surface area contributed by atoms with Crippen LogP contribution in [0, 0.1) is 0 Å². The maximum absolute atomic E-state index is 11.8. The second-order valence-electron chi connectivity index (χ2n) is 2.33. The molecule has 0 bridgehead atoms. The maximum atomic E-state index is 11.8. The molecule has 1 aromatic carbocycles. The van der Waals surface area contributed by atoms with Crippen LogP contribution >= 0.6 is 27.5 Å². The summed E-state index contributed by atoms with van der Waals surface area (Å²) in [5, 5.41) is 0.450. The molecule has 0 nitrogen and oxygen atoms in total. The zero-order chi connectivity index (χ0) is 9.84. The lowest BCUT2D eigenvalue weighted by Crippen LogP contribution is -1.88. The smallest absolute Gasteiger partial charge is 0.282 e. The van der Waals surface area contributed by atoms with Crippen molar-refractivity contribution in [2.24, 2.45) is 0 Å². The standard InChI is InChI=1S/C8H5BBrClF2/c10-7-2-1-3-8(11)6(7)4-5-9(12)13/h1-5H/b5-4+. The van der Waals surface area contributed by atoms with E-state index in [9.17, 15) is 8.63 Å². The molecule has 0 atom stereocenters. The van der Waals surface area contributed by atoms with Crippen LogP contribution < -0.4 is 0 Å². The number of hydrogen-bond acceptors (Lipinski definition) is 0. The molecule has 1 rings (SSSR count). The van der Waals surface area contributed by atoms with Crippen LogP contribution in [0.25, 0.3) is 6.08 Å². The predicted octanol–water partition coefficient (Wildman–Crippen LogP) is 4.08. The van der Waals surface area contributed by atoms with Gasteiger partial charge in [-0.2, -0.15) is 0 Å². The van der Waals surface area contributed by atoms with E-state index >= 15 is 0 Å². The molecule has 0 radical (unpaired) electrons. The van der Waals surface area contributed by atoms with Crippen molar-refractivity contribution in [1.82, 2.24) is 0 Å². The number of hydrogen-bond donors (Lipinski definition) is 0. The first-order valence-electron chi connectivity index (χ1n) is 3.51. The molecule has 0 saturated heterocycles. The molecule has 0 spiro atoms. The molecule has 0 aliphatic carbocycles. The molecule has 0 amide bonds. The molecule has 0 saturated carbocycles. The third kappa shape index (κ3) is 3.12. The third-order valence-corrected chi connectivity index (χ3v) is 2.43. The highest BCUT2D eigenvalue weighted by Crippen LogP contribution is 2.25. The van der Waals surface area contributed by atoms with E-state index in [1.54, 1.807) is 18.2 Å². The Hall–Kier alpha value is -0.345. The first kappa shape index (κ1) is 10.7. The van der Waals surface area contributed by atoms with Gasteiger partial charge < -0.3 is 0 Å². The quantitative estimate of drug-likeness (QED) is 0.707. The molecular weight excluding hydrogens is 260 g/mol. The van der Waals surface area contributed by atoms with E-state index in [0.29, 0.717) is 15.1 Å². The van der Waals surface area contributed by atoms with Crippen LogP contribution in [0.15, 0.2) is 28.6 Å². The summed E-state index contributed by atoms with van der Waals surface area (Å²) in [5.74, 6) is 0.798. The average Bonchev–Trinajstić information content (AvgIpc) is 2.03. The van der Waals surface area contributed by atoms with Gasteiger partial charge in [0.1, 0.15) is 0 Å². The highest BCUT2D eigenvalue weighted by molar-refractivity contribution is 9.10. The zero-order valence-corrected chi connectivity index (χ0v) is 8.82. The summed E-state index contributed by atoms with van der Waals surface area (Å²) in [6, 6.07) is 5.14. The summed E-state index contributed by atoms with van der Waals surface area (Å²) in [4.78, 5) is 0. The van der Waals surface area contributed by atoms with Gasteiger partial charge in [-0.1, -0.05) is 39.7 Å². The summed E-state index contributed by atoms with van der Waals surface area (Å²) in [6.07, 6.45) is 1.30. The summed E-state index contributed by atoms with van der Waals surface area (Å²) in [6.45, 7) is 0. The van der Waals surface area contributed by atoms with Crippen LogP contribution in [-0.2, 0) is 0 Å². The minimum absolute atomic E-state index is 0.450. The SMILES string of the molecule is FB(F)/C=C/c1c(Cl)cccc1Br. The zero-order valence-electron chi connectivity index (χ0n) is 6.48. The van der Waals surface area contributed by atoms with E-state index in [-0.39, 0.29) is 0 Å². The van der Waals surface area contributed by atoms with Gasteiger partial charge in [0.05, 0.1) is 0 Å². The van der Waals surface area contributed by atoms with E-state index in [0.717, 1.165) is 5.98 Å². The normalized spacial score (nSPS) is 10.8. The molecular formula is C8H5BBrClF2. The van der Waals surface area contributed by atoms with E-state index < -0.39 is 7.27 Å². The molecule has 13 heavy (non-hydrogen) atoms. The van der Waals surface area contributed by atoms with Crippen molar-refractivity contribution in [3.05, 3.63) is 39.2 Å². The molecule has 0 aliphatic heterocycles. The van der Waals surface area contributed by atoms with Gasteiger partial charge in [-0.05, 0) is 18.1 Å². The van der Waals surface area contributed by atoms with Gasteiger partial charge in [0.2, 0.25) is 0 Å². The first-order valence-corrected chi connectivity index (χ1v) is 4.68. The fourth-order valence-corrected chi connectivity index (χ4v) is 1.69. The minimum Gasteiger partial charge on any atom is -0.282 e. The Labute approximate surface area is 88.9 Å². The molecule has 0 fully saturated rings. The lowest BCUT2D eigenvalue weighted by Gasteiger charge is -1.99. The minimum atomic E-state index is -2.46. The van der Waals surface area contributed by atoms with Crippen LogP contribution in [0.1, 0.15) is 5.56 Å². The van der Waals surface area contributed by atoms with Crippen molar-refractivity contribution in [3.63, 3.8) is 0 Å². The van der Waals surface area contributed by atoms with Gasteiger partial charge in [-0.25, -0.2) is 0 Å². The fraction of sp³-hybridized carbons (Fsp3) is 0. The van der Waals surface area contributed by atoms with Crippen LogP contribution in [-0.4, -0.2) is 7.27 Å². The van der Waals surface area contributed by atoms with Crippen LogP contribution in [0.5, 0.6) is 0 Å². The molecule has 0 heterocycles. The lowest BCUT2D eigenvalue weighted by atomic mass is 9.97. The Balaban J connectivity index is 3.00. The highest BCUT2D eigenvalue weighted by Gasteiger charge is 2.07. The first-order chi connectivity index (χ1) is 6.11. The van der Waals surface area contributed by atoms with Crippen molar-refractivity contribution < 1.29 is 8.63 Å². The third-order valence-electron chi connectivity index (χ3n) is 1.41. The van der Waals surface area contributed by atoms with E-state index in [2.05, 4.69) is 15.9 Å². The van der Waals surface area contributed by atoms with Crippen molar-refractivity contribution in [2.75, 3.05) is 0 Å². The second kappa shape index (κ2) is 4.77. The summed E-state index contributed by atoms with van der Waals surface area (Å²) >= 11 is 9.00. The Morgan fingerprint density at radius 3 is 2.62 bits per heavy atom. The van der Waals surface area contributed by atoms with Gasteiger partial charge >= 0.3 is 7.27 Å². The summed E-state index contributed by atoms with van der Waals surface area (Å²) in [5.41, 5.74) is 0.574. The largest absolute Gasteiger partial charge is 0.564 e. The number of rotatable bonds is 2. The van der Waals surface area contributed by atoms with E-state index in [4.69, 9.17) is 11.6 Å². The second-order valence-corrected chi connectivity index (χ2v) is 3.59. The Bertz CT molecular complexity index is 308. The topological polar surface area (TPSA) is 0 Å². The monoisotopic (exact) mass is 264 g/mol. The molecule has 0 aromatic heterocycles. The predicted molar refractivity (Wildman–Crippen MR) is 56.2 cm³/mol. The Kier molecular flexibility index (Phi) is 3.94. The van der Waals surface area contributed by atoms with Crippen molar-refractivity contribution >= 4 is 40.9 Å². The molecule has 0 aliphatic rings. The van der Waals surface area contributed by atoms with E-state index in [1.165, 1.54) is 6.08 Å². The van der Waals surface area contributed by atoms with Crippen LogP contribution in [0.4, 0.5) is 8.63 Å². The van der Waals surface area contributed by atoms with Crippen molar-refractivity contribution in [2.45, 2.75) is 0 Å². The van der Waals surface area contributed by atoms with Gasteiger partial charge in [-0.15, -0.1) is 0 Å². The Morgan fingerprint density at radius 2 is 2.08 bits per heavy atom. The van der Waals surface area contributed by atoms with E-state index in [1.807, 2.05) is 0 Å². The van der Waals surface area contributed by atoms with Gasteiger partial charge in [-0.3, -0.25) is 8.63 Å². The summed E-state index contributed by atoms with van der Waals surface area (Å²) in [7, 11) is -2.46. The van der Waals surface area contributed by atoms with Gasteiger partial charge in [0, 0.05) is 15.1 Å². The molecule has 0 unspecified atom stereocenters.